The van der Waals surface area contributed by atoms with Crippen LogP contribution in [0.4, 0.5) is 0 Å². The predicted molar refractivity (Wildman–Crippen MR) is 88.4 cm³/mol. The number of nitrogens with one attached hydrogen (secondary N) is 1. The van der Waals surface area contributed by atoms with E-state index in [0.29, 0.717) is 0 Å². The number of imidazole rings is 1. The highest BCUT2D eigenvalue weighted by atomic mass is 15.1. The van der Waals surface area contributed by atoms with Crippen LogP contribution in [-0.4, -0.2) is 22.6 Å². The van der Waals surface area contributed by atoms with E-state index in [1.807, 2.05) is 0 Å². The van der Waals surface area contributed by atoms with Crippen molar-refractivity contribution in [3.8, 4) is 0 Å². The maximum Gasteiger partial charge on any atom is 0.109 e. The molecule has 1 aliphatic rings. The summed E-state index contributed by atoms with van der Waals surface area (Å²) in [5.41, 5.74) is 2.39. The normalized spacial score (nSPS) is 22.8. The Morgan fingerprint density at radius 2 is 1.95 bits per heavy atom. The van der Waals surface area contributed by atoms with Crippen LogP contribution in [0.15, 0.2) is 24.3 Å². The number of nitrogens with zero attached hydrogens (tertiary/aromatic N) is 2. The van der Waals surface area contributed by atoms with Gasteiger partial charge in [0.25, 0.3) is 0 Å². The van der Waals surface area contributed by atoms with Gasteiger partial charge in [-0.2, -0.15) is 0 Å². The number of hydrogen-bond donors (Lipinski definition) is 1. The highest BCUT2D eigenvalue weighted by Gasteiger charge is 2.26. The average molecular weight is 285 g/mol. The van der Waals surface area contributed by atoms with Crippen molar-refractivity contribution in [2.75, 3.05) is 13.1 Å². The van der Waals surface area contributed by atoms with E-state index < -0.39 is 0 Å². The Morgan fingerprint density at radius 3 is 2.71 bits per heavy atom. The van der Waals surface area contributed by atoms with E-state index in [9.17, 15) is 0 Å². The molecule has 114 valence electrons. The van der Waals surface area contributed by atoms with Crippen LogP contribution in [0, 0.1) is 11.8 Å². The number of aromatic nitrogens is 2. The number of para-hydroxylation sites is 2. The third-order valence-corrected chi connectivity index (χ3v) is 5.05. The second kappa shape index (κ2) is 6.61. The first-order valence-corrected chi connectivity index (χ1v) is 8.40. The lowest BCUT2D eigenvalue weighted by molar-refractivity contribution is 0.226. The van der Waals surface area contributed by atoms with E-state index >= 15 is 0 Å². The van der Waals surface area contributed by atoms with Gasteiger partial charge in [-0.3, -0.25) is 0 Å². The smallest absolute Gasteiger partial charge is 0.109 e. The van der Waals surface area contributed by atoms with Gasteiger partial charge in [0.2, 0.25) is 0 Å². The van der Waals surface area contributed by atoms with Crippen LogP contribution in [0.2, 0.25) is 0 Å². The zero-order chi connectivity index (χ0) is 14.7. The maximum absolute atomic E-state index is 4.86. The van der Waals surface area contributed by atoms with Gasteiger partial charge in [-0.15, -0.1) is 0 Å². The molecule has 1 aliphatic carbocycles. The van der Waals surface area contributed by atoms with E-state index in [1.165, 1.54) is 43.6 Å². The Kier molecular flexibility index (Phi) is 4.59. The molecule has 1 saturated carbocycles. The number of aryl methyl sites for hydroxylation is 1. The molecule has 0 saturated heterocycles. The number of benzene rings is 1. The molecule has 0 amide bonds. The fourth-order valence-corrected chi connectivity index (χ4v) is 3.76. The van der Waals surface area contributed by atoms with Crippen molar-refractivity contribution < 1.29 is 0 Å². The van der Waals surface area contributed by atoms with Crippen molar-refractivity contribution in [3.63, 3.8) is 0 Å². The van der Waals surface area contributed by atoms with Crippen molar-refractivity contribution in [2.45, 2.75) is 39.0 Å². The third kappa shape index (κ3) is 3.13. The zero-order valence-electron chi connectivity index (χ0n) is 13.3. The molecular weight excluding hydrogens is 258 g/mol. The molecule has 2 unspecified atom stereocenters. The SMILES string of the molecule is CCNCC1CCCCC1Cc1nc2ccccc2n1C. The maximum atomic E-state index is 4.86. The Bertz CT molecular complexity index is 587. The van der Waals surface area contributed by atoms with Crippen LogP contribution in [0.1, 0.15) is 38.4 Å². The van der Waals surface area contributed by atoms with E-state index in [-0.39, 0.29) is 0 Å². The molecule has 1 heterocycles. The fourth-order valence-electron chi connectivity index (χ4n) is 3.76. The van der Waals surface area contributed by atoms with Crippen molar-refractivity contribution in [1.82, 2.24) is 14.9 Å². The molecule has 0 spiro atoms. The van der Waals surface area contributed by atoms with Crippen LogP contribution in [0.3, 0.4) is 0 Å². The molecule has 3 nitrogen and oxygen atoms in total. The van der Waals surface area contributed by atoms with Crippen LogP contribution in [-0.2, 0) is 13.5 Å². The summed E-state index contributed by atoms with van der Waals surface area (Å²) >= 11 is 0. The molecule has 1 aromatic carbocycles. The molecule has 21 heavy (non-hydrogen) atoms. The van der Waals surface area contributed by atoms with Crippen molar-refractivity contribution in [2.24, 2.45) is 18.9 Å². The molecule has 2 atom stereocenters. The van der Waals surface area contributed by atoms with Gasteiger partial charge in [-0.1, -0.05) is 31.9 Å². The Morgan fingerprint density at radius 1 is 1.19 bits per heavy atom. The second-order valence-electron chi connectivity index (χ2n) is 6.39. The summed E-state index contributed by atoms with van der Waals surface area (Å²) in [5.74, 6) is 2.86. The lowest BCUT2D eigenvalue weighted by atomic mass is 9.77. The Labute approximate surface area is 127 Å². The topological polar surface area (TPSA) is 29.9 Å². The molecule has 0 aliphatic heterocycles. The quantitative estimate of drug-likeness (QED) is 0.910. The van der Waals surface area contributed by atoms with Gasteiger partial charge in [-0.25, -0.2) is 4.98 Å². The summed E-state index contributed by atoms with van der Waals surface area (Å²) in [6, 6.07) is 8.47. The van der Waals surface area contributed by atoms with E-state index in [2.05, 4.69) is 48.1 Å². The number of hydrogen-bond acceptors (Lipinski definition) is 2. The molecule has 1 N–H and O–H groups in total. The first-order valence-electron chi connectivity index (χ1n) is 8.40. The second-order valence-corrected chi connectivity index (χ2v) is 6.39. The average Bonchev–Trinajstić information content (AvgIpc) is 2.83. The highest BCUT2D eigenvalue weighted by Crippen LogP contribution is 2.32. The summed E-state index contributed by atoms with van der Waals surface area (Å²) in [5, 5.41) is 3.55. The van der Waals surface area contributed by atoms with Gasteiger partial charge >= 0.3 is 0 Å². The zero-order valence-corrected chi connectivity index (χ0v) is 13.3. The predicted octanol–water partition coefficient (Wildman–Crippen LogP) is 3.53. The largest absolute Gasteiger partial charge is 0.331 e. The van der Waals surface area contributed by atoms with Gasteiger partial charge in [0.1, 0.15) is 5.82 Å². The summed E-state index contributed by atoms with van der Waals surface area (Å²) in [6.07, 6.45) is 6.65. The lowest BCUT2D eigenvalue weighted by Gasteiger charge is -2.31. The lowest BCUT2D eigenvalue weighted by Crippen LogP contribution is -2.32. The summed E-state index contributed by atoms with van der Waals surface area (Å²) < 4.78 is 2.29. The van der Waals surface area contributed by atoms with E-state index in [0.717, 1.165) is 30.3 Å². The molecule has 1 aromatic heterocycles. The minimum Gasteiger partial charge on any atom is -0.331 e. The highest BCUT2D eigenvalue weighted by molar-refractivity contribution is 5.75. The fraction of sp³-hybridized carbons (Fsp3) is 0.611. The molecule has 0 bridgehead atoms. The van der Waals surface area contributed by atoms with Crippen molar-refractivity contribution in [1.29, 1.82) is 0 Å². The Hall–Kier alpha value is -1.35. The number of rotatable bonds is 5. The molecular formula is C18H27N3. The van der Waals surface area contributed by atoms with E-state index in [1.54, 1.807) is 0 Å². The van der Waals surface area contributed by atoms with Crippen LogP contribution in [0.25, 0.3) is 11.0 Å². The van der Waals surface area contributed by atoms with Crippen molar-refractivity contribution >= 4 is 11.0 Å². The third-order valence-electron chi connectivity index (χ3n) is 5.05. The number of fused-ring (bicyclic) bond motifs is 1. The minimum absolute atomic E-state index is 0.785. The monoisotopic (exact) mass is 285 g/mol. The van der Waals surface area contributed by atoms with Crippen molar-refractivity contribution in [3.05, 3.63) is 30.1 Å². The standard InChI is InChI=1S/C18H27N3/c1-3-19-13-15-9-5-4-8-14(15)12-18-20-16-10-6-7-11-17(16)21(18)2/h6-7,10-11,14-15,19H,3-5,8-9,12-13H2,1-2H3. The molecule has 3 rings (SSSR count). The van der Waals surface area contributed by atoms with Gasteiger partial charge in [0, 0.05) is 13.5 Å². The van der Waals surface area contributed by atoms with E-state index in [4.69, 9.17) is 4.98 Å². The minimum atomic E-state index is 0.785. The molecule has 2 aromatic rings. The summed E-state index contributed by atoms with van der Waals surface area (Å²) in [4.78, 5) is 4.86. The van der Waals surface area contributed by atoms with Gasteiger partial charge in [0.15, 0.2) is 0 Å². The molecule has 1 fully saturated rings. The van der Waals surface area contributed by atoms with Gasteiger partial charge in [0.05, 0.1) is 11.0 Å². The Balaban J connectivity index is 1.77. The van der Waals surface area contributed by atoms with Gasteiger partial charge in [-0.05, 0) is 49.9 Å². The van der Waals surface area contributed by atoms with Crippen LogP contribution < -0.4 is 5.32 Å². The summed E-state index contributed by atoms with van der Waals surface area (Å²) in [7, 11) is 2.16. The summed E-state index contributed by atoms with van der Waals surface area (Å²) in [6.45, 7) is 4.45. The first kappa shape index (κ1) is 14.6. The molecule has 0 radical (unpaired) electrons. The van der Waals surface area contributed by atoms with Crippen LogP contribution >= 0.6 is 0 Å². The molecule has 3 heteroatoms. The first-order chi connectivity index (χ1) is 10.3. The van der Waals surface area contributed by atoms with Crippen LogP contribution in [0.5, 0.6) is 0 Å². The van der Waals surface area contributed by atoms with Gasteiger partial charge < -0.3 is 9.88 Å².